The Bertz CT molecular complexity index is 442. The fourth-order valence-electron chi connectivity index (χ4n) is 2.86. The highest BCUT2D eigenvalue weighted by Crippen LogP contribution is 2.33. The molecule has 2 atom stereocenters. The van der Waals surface area contributed by atoms with E-state index in [1.54, 1.807) is 0 Å². The molecule has 0 aliphatic carbocycles. The number of amides is 1. The molecule has 1 amide bonds. The molecule has 2 N–H and O–H groups in total. The lowest BCUT2D eigenvalue weighted by atomic mass is 9.97. The van der Waals surface area contributed by atoms with E-state index in [0.717, 1.165) is 13.0 Å². The van der Waals surface area contributed by atoms with Crippen LogP contribution in [0.5, 0.6) is 0 Å². The van der Waals surface area contributed by atoms with Crippen molar-refractivity contribution in [1.82, 2.24) is 5.32 Å². The maximum atomic E-state index is 12.1. The summed E-state index contributed by atoms with van der Waals surface area (Å²) >= 11 is 0. The van der Waals surface area contributed by atoms with Gasteiger partial charge in [0.25, 0.3) is 0 Å². The molecule has 0 bridgehead atoms. The van der Waals surface area contributed by atoms with Gasteiger partial charge in [0.1, 0.15) is 0 Å². The molecular weight excluding hydrogens is 236 g/mol. The van der Waals surface area contributed by atoms with Crippen LogP contribution in [0, 0.1) is 5.92 Å². The Morgan fingerprint density at radius 2 is 2.11 bits per heavy atom. The van der Waals surface area contributed by atoms with Gasteiger partial charge in [-0.05, 0) is 30.9 Å². The molecule has 1 aliphatic rings. The first kappa shape index (κ1) is 13.9. The summed E-state index contributed by atoms with van der Waals surface area (Å²) in [5.41, 5.74) is 2.45. The predicted molar refractivity (Wildman–Crippen MR) is 79.3 cm³/mol. The van der Waals surface area contributed by atoms with Crippen LogP contribution >= 0.6 is 0 Å². The lowest BCUT2D eigenvalue weighted by Gasteiger charge is -2.17. The smallest absolute Gasteiger partial charge is 0.220 e. The van der Waals surface area contributed by atoms with Crippen LogP contribution in [0.1, 0.15) is 45.1 Å². The van der Waals surface area contributed by atoms with Crippen LogP contribution in [0.15, 0.2) is 24.3 Å². The van der Waals surface area contributed by atoms with Gasteiger partial charge < -0.3 is 10.6 Å². The van der Waals surface area contributed by atoms with Gasteiger partial charge in [-0.1, -0.05) is 32.0 Å². The molecule has 104 valence electrons. The molecule has 1 aromatic carbocycles. The first-order chi connectivity index (χ1) is 9.06. The number of hydrogen-bond acceptors (Lipinski definition) is 2. The van der Waals surface area contributed by atoms with Crippen molar-refractivity contribution in [2.45, 2.75) is 45.6 Å². The Morgan fingerprint density at radius 1 is 1.37 bits per heavy atom. The highest BCUT2D eigenvalue weighted by molar-refractivity contribution is 5.78. The van der Waals surface area contributed by atoms with Crippen molar-refractivity contribution in [2.24, 2.45) is 5.92 Å². The summed E-state index contributed by atoms with van der Waals surface area (Å²) in [6, 6.07) is 8.52. The summed E-state index contributed by atoms with van der Waals surface area (Å²) in [6.45, 7) is 7.31. The maximum Gasteiger partial charge on any atom is 0.220 e. The molecule has 1 heterocycles. The second kappa shape index (κ2) is 6.09. The molecule has 3 nitrogen and oxygen atoms in total. The monoisotopic (exact) mass is 260 g/mol. The molecule has 0 saturated carbocycles. The highest BCUT2D eigenvalue weighted by Gasteiger charge is 2.24. The fraction of sp³-hybridized carbons (Fsp3) is 0.562. The minimum absolute atomic E-state index is 0.164. The number of hydrogen-bond donors (Lipinski definition) is 2. The second-order valence-electron chi connectivity index (χ2n) is 5.97. The first-order valence-corrected chi connectivity index (χ1v) is 7.18. The average molecular weight is 260 g/mol. The molecule has 2 unspecified atom stereocenters. The summed E-state index contributed by atoms with van der Waals surface area (Å²) in [4.78, 5) is 12.1. The standard InChI is InChI=1S/C16H24N2O/c1-11(2)8-12(3)18-16(19)9-13-10-17-15-7-5-4-6-14(13)15/h4-7,11-13,17H,8-10H2,1-3H3,(H,18,19). The summed E-state index contributed by atoms with van der Waals surface area (Å²) in [5, 5.41) is 6.46. The third-order valence-corrected chi connectivity index (χ3v) is 3.60. The minimum Gasteiger partial charge on any atom is -0.384 e. The van der Waals surface area contributed by atoms with Crippen LogP contribution in [-0.2, 0) is 4.79 Å². The van der Waals surface area contributed by atoms with Gasteiger partial charge in [0, 0.05) is 30.6 Å². The lowest BCUT2D eigenvalue weighted by molar-refractivity contribution is -0.122. The van der Waals surface area contributed by atoms with Crippen LogP contribution in [0.4, 0.5) is 5.69 Å². The van der Waals surface area contributed by atoms with E-state index in [2.05, 4.69) is 43.5 Å². The number of para-hydroxylation sites is 1. The molecule has 0 aromatic heterocycles. The number of anilines is 1. The van der Waals surface area contributed by atoms with E-state index in [1.165, 1.54) is 11.3 Å². The van der Waals surface area contributed by atoms with E-state index >= 15 is 0 Å². The van der Waals surface area contributed by atoms with Gasteiger partial charge in [-0.15, -0.1) is 0 Å². The van der Waals surface area contributed by atoms with Gasteiger partial charge in [-0.2, -0.15) is 0 Å². The number of carbonyl (C=O) groups is 1. The zero-order valence-electron chi connectivity index (χ0n) is 12.1. The van der Waals surface area contributed by atoms with Crippen molar-refractivity contribution < 1.29 is 4.79 Å². The summed E-state index contributed by atoms with van der Waals surface area (Å²) < 4.78 is 0. The van der Waals surface area contributed by atoms with Gasteiger partial charge in [0.05, 0.1) is 0 Å². The summed E-state index contributed by atoms with van der Waals surface area (Å²) in [6.07, 6.45) is 1.61. The second-order valence-corrected chi connectivity index (χ2v) is 5.97. The Kier molecular flexibility index (Phi) is 4.46. The summed E-state index contributed by atoms with van der Waals surface area (Å²) in [7, 11) is 0. The molecule has 1 aliphatic heterocycles. The highest BCUT2D eigenvalue weighted by atomic mass is 16.1. The molecular formula is C16H24N2O. The van der Waals surface area contributed by atoms with Gasteiger partial charge in [0.2, 0.25) is 5.91 Å². The van der Waals surface area contributed by atoms with Gasteiger partial charge in [-0.25, -0.2) is 0 Å². The van der Waals surface area contributed by atoms with Gasteiger partial charge in [-0.3, -0.25) is 4.79 Å². The Hall–Kier alpha value is -1.51. The molecule has 1 aromatic rings. The van der Waals surface area contributed by atoms with E-state index in [9.17, 15) is 4.79 Å². The van der Waals surface area contributed by atoms with E-state index in [-0.39, 0.29) is 11.9 Å². The molecule has 2 rings (SSSR count). The van der Waals surface area contributed by atoms with Crippen LogP contribution in [0.3, 0.4) is 0 Å². The normalized spacial score (nSPS) is 18.8. The van der Waals surface area contributed by atoms with Crippen LogP contribution in [-0.4, -0.2) is 18.5 Å². The SMILES string of the molecule is CC(C)CC(C)NC(=O)CC1CNc2ccccc21. The van der Waals surface area contributed by atoms with E-state index < -0.39 is 0 Å². The molecule has 19 heavy (non-hydrogen) atoms. The van der Waals surface area contributed by atoms with Gasteiger partial charge in [0.15, 0.2) is 0 Å². The van der Waals surface area contributed by atoms with Crippen molar-refractivity contribution in [2.75, 3.05) is 11.9 Å². The first-order valence-electron chi connectivity index (χ1n) is 7.18. The van der Waals surface area contributed by atoms with Crippen molar-refractivity contribution in [1.29, 1.82) is 0 Å². The molecule has 0 radical (unpaired) electrons. The Morgan fingerprint density at radius 3 is 2.84 bits per heavy atom. The maximum absolute atomic E-state index is 12.1. The number of nitrogens with one attached hydrogen (secondary N) is 2. The third-order valence-electron chi connectivity index (χ3n) is 3.60. The van der Waals surface area contributed by atoms with Crippen LogP contribution < -0.4 is 10.6 Å². The number of carbonyl (C=O) groups excluding carboxylic acids is 1. The quantitative estimate of drug-likeness (QED) is 0.854. The largest absolute Gasteiger partial charge is 0.384 e. The van der Waals surface area contributed by atoms with Gasteiger partial charge >= 0.3 is 0 Å². The lowest BCUT2D eigenvalue weighted by Crippen LogP contribution is -2.34. The Labute approximate surface area is 115 Å². The predicted octanol–water partition coefficient (Wildman–Crippen LogP) is 3.14. The van der Waals surface area contributed by atoms with E-state index in [0.29, 0.717) is 18.3 Å². The minimum atomic E-state index is 0.164. The molecule has 3 heteroatoms. The molecule has 0 spiro atoms. The third kappa shape index (κ3) is 3.72. The number of fused-ring (bicyclic) bond motifs is 1. The van der Waals surface area contributed by atoms with Crippen molar-refractivity contribution in [3.05, 3.63) is 29.8 Å². The van der Waals surface area contributed by atoms with Crippen LogP contribution in [0.25, 0.3) is 0 Å². The fourth-order valence-corrected chi connectivity index (χ4v) is 2.86. The summed E-state index contributed by atoms with van der Waals surface area (Å²) in [5.74, 6) is 1.09. The van der Waals surface area contributed by atoms with Crippen molar-refractivity contribution in [3.8, 4) is 0 Å². The zero-order chi connectivity index (χ0) is 13.8. The van der Waals surface area contributed by atoms with Crippen LogP contribution in [0.2, 0.25) is 0 Å². The van der Waals surface area contributed by atoms with Crippen molar-refractivity contribution >= 4 is 11.6 Å². The Balaban J connectivity index is 1.87. The topological polar surface area (TPSA) is 41.1 Å². The van der Waals surface area contributed by atoms with E-state index in [1.807, 2.05) is 12.1 Å². The molecule has 0 fully saturated rings. The number of benzene rings is 1. The van der Waals surface area contributed by atoms with E-state index in [4.69, 9.17) is 0 Å². The van der Waals surface area contributed by atoms with Crippen molar-refractivity contribution in [3.63, 3.8) is 0 Å². The number of rotatable bonds is 5. The average Bonchev–Trinajstić information content (AvgIpc) is 2.71. The zero-order valence-corrected chi connectivity index (χ0v) is 12.1. The molecule has 0 saturated heterocycles.